The first-order chi connectivity index (χ1) is 11.8. The number of hydrogen-bond donors (Lipinski definition) is 0. The number of benzene rings is 2. The highest BCUT2D eigenvalue weighted by Gasteiger charge is 2.38. The molecule has 0 aliphatic carbocycles. The molecule has 2 rings (SSSR count). The fraction of sp³-hybridized carbons (Fsp3) is 0.176. The zero-order valence-corrected chi connectivity index (χ0v) is 12.4. The molecule has 2 aromatic rings. The lowest BCUT2D eigenvalue weighted by atomic mass is 10.0. The standard InChI is InChI=1S/C17H7F9/c18-15(19,20)12-6-2-10(3-7-12)1-4-11-5-8-13(16(21,22)23)9-14(11)17(24,25)26/h2-3,5-9H. The molecule has 26 heavy (non-hydrogen) atoms. The Labute approximate surface area is 141 Å². The molecule has 0 saturated carbocycles. The van der Waals surface area contributed by atoms with Crippen LogP contribution in [0.5, 0.6) is 0 Å². The van der Waals surface area contributed by atoms with Gasteiger partial charge in [0.25, 0.3) is 0 Å². The summed E-state index contributed by atoms with van der Waals surface area (Å²) >= 11 is 0. The van der Waals surface area contributed by atoms with E-state index in [0.717, 1.165) is 12.1 Å². The molecule has 9 heteroatoms. The molecular formula is C17H7F9. The Balaban J connectivity index is 2.43. The lowest BCUT2D eigenvalue weighted by Gasteiger charge is -2.13. The molecule has 0 heterocycles. The molecule has 0 bridgehead atoms. The smallest absolute Gasteiger partial charge is 0.166 e. The monoisotopic (exact) mass is 382 g/mol. The predicted octanol–water partition coefficient (Wildman–Crippen LogP) is 6.14. The Morgan fingerprint density at radius 2 is 1.04 bits per heavy atom. The van der Waals surface area contributed by atoms with Gasteiger partial charge in [-0.2, -0.15) is 39.5 Å². The molecule has 0 atom stereocenters. The molecule has 0 N–H and O–H groups in total. The van der Waals surface area contributed by atoms with Gasteiger partial charge in [-0.25, -0.2) is 0 Å². The first-order valence-corrected chi connectivity index (χ1v) is 6.76. The van der Waals surface area contributed by atoms with Crippen molar-refractivity contribution in [3.05, 3.63) is 70.3 Å². The fourth-order valence-corrected chi connectivity index (χ4v) is 1.95. The van der Waals surface area contributed by atoms with Gasteiger partial charge in [0, 0.05) is 11.1 Å². The van der Waals surface area contributed by atoms with Gasteiger partial charge in [0.1, 0.15) is 0 Å². The quantitative estimate of drug-likeness (QED) is 0.379. The van der Waals surface area contributed by atoms with Gasteiger partial charge >= 0.3 is 18.5 Å². The minimum absolute atomic E-state index is 0.0222. The molecular weight excluding hydrogens is 375 g/mol. The second-order valence-corrected chi connectivity index (χ2v) is 5.08. The van der Waals surface area contributed by atoms with Crippen LogP contribution >= 0.6 is 0 Å². The van der Waals surface area contributed by atoms with Crippen LogP contribution in [0, 0.1) is 11.8 Å². The molecule has 0 aliphatic heterocycles. The summed E-state index contributed by atoms with van der Waals surface area (Å²) in [7, 11) is 0. The molecule has 0 nitrogen and oxygen atoms in total. The molecule has 0 unspecified atom stereocenters. The normalized spacial score (nSPS) is 12.5. The third kappa shape index (κ3) is 4.71. The third-order valence-corrected chi connectivity index (χ3v) is 3.21. The van der Waals surface area contributed by atoms with Gasteiger partial charge in [-0.15, -0.1) is 0 Å². The van der Waals surface area contributed by atoms with E-state index in [-0.39, 0.29) is 11.6 Å². The van der Waals surface area contributed by atoms with Crippen molar-refractivity contribution >= 4 is 0 Å². The van der Waals surface area contributed by atoms with Crippen LogP contribution in [0.4, 0.5) is 39.5 Å². The average molecular weight is 382 g/mol. The summed E-state index contributed by atoms with van der Waals surface area (Å²) in [6.45, 7) is 0. The Kier molecular flexibility index (Phi) is 4.99. The molecule has 0 saturated heterocycles. The van der Waals surface area contributed by atoms with E-state index in [2.05, 4.69) is 11.8 Å². The van der Waals surface area contributed by atoms with E-state index in [1.807, 2.05) is 0 Å². The summed E-state index contributed by atoms with van der Waals surface area (Å²) in [4.78, 5) is 0. The minimum Gasteiger partial charge on any atom is -0.166 e. The summed E-state index contributed by atoms with van der Waals surface area (Å²) in [5.41, 5.74) is -4.76. The Morgan fingerprint density at radius 3 is 1.50 bits per heavy atom. The molecule has 0 spiro atoms. The van der Waals surface area contributed by atoms with E-state index in [1.165, 1.54) is 0 Å². The van der Waals surface area contributed by atoms with Crippen molar-refractivity contribution in [2.75, 3.05) is 0 Å². The summed E-state index contributed by atoms with van der Waals surface area (Å²) < 4.78 is 114. The number of hydrogen-bond acceptors (Lipinski definition) is 0. The summed E-state index contributed by atoms with van der Waals surface area (Å²) in [5.74, 6) is 4.27. The van der Waals surface area contributed by atoms with Crippen molar-refractivity contribution in [2.45, 2.75) is 18.5 Å². The van der Waals surface area contributed by atoms with Gasteiger partial charge in [0.15, 0.2) is 0 Å². The van der Waals surface area contributed by atoms with E-state index in [4.69, 9.17) is 0 Å². The van der Waals surface area contributed by atoms with Crippen molar-refractivity contribution in [2.24, 2.45) is 0 Å². The summed E-state index contributed by atoms with van der Waals surface area (Å²) in [6, 6.07) is 4.26. The Bertz CT molecular complexity index is 842. The second kappa shape index (κ2) is 6.59. The third-order valence-electron chi connectivity index (χ3n) is 3.21. The number of rotatable bonds is 0. The van der Waals surface area contributed by atoms with Crippen LogP contribution in [0.25, 0.3) is 0 Å². The largest absolute Gasteiger partial charge is 0.417 e. The topological polar surface area (TPSA) is 0 Å². The Morgan fingerprint density at radius 1 is 0.538 bits per heavy atom. The highest BCUT2D eigenvalue weighted by atomic mass is 19.4. The first kappa shape index (κ1) is 19.7. The maximum Gasteiger partial charge on any atom is 0.417 e. The van der Waals surface area contributed by atoms with Gasteiger partial charge in [-0.3, -0.25) is 0 Å². The van der Waals surface area contributed by atoms with E-state index >= 15 is 0 Å². The second-order valence-electron chi connectivity index (χ2n) is 5.08. The highest BCUT2D eigenvalue weighted by Crippen LogP contribution is 2.37. The van der Waals surface area contributed by atoms with Crippen LogP contribution in [0.3, 0.4) is 0 Å². The fourth-order valence-electron chi connectivity index (χ4n) is 1.95. The molecule has 0 aromatic heterocycles. The summed E-state index contributed by atoms with van der Waals surface area (Å²) in [6.07, 6.45) is -14.6. The van der Waals surface area contributed by atoms with Crippen LogP contribution in [0.1, 0.15) is 27.8 Å². The molecule has 138 valence electrons. The van der Waals surface area contributed by atoms with Crippen molar-refractivity contribution in [1.82, 2.24) is 0 Å². The van der Waals surface area contributed by atoms with Gasteiger partial charge in [-0.05, 0) is 42.5 Å². The molecule has 0 fully saturated rings. The molecule has 0 radical (unpaired) electrons. The van der Waals surface area contributed by atoms with Crippen molar-refractivity contribution in [1.29, 1.82) is 0 Å². The zero-order valence-electron chi connectivity index (χ0n) is 12.4. The van der Waals surface area contributed by atoms with E-state index in [0.29, 0.717) is 24.3 Å². The van der Waals surface area contributed by atoms with E-state index in [1.54, 1.807) is 0 Å². The zero-order chi connectivity index (χ0) is 19.8. The van der Waals surface area contributed by atoms with Gasteiger partial charge in [-0.1, -0.05) is 11.8 Å². The first-order valence-electron chi connectivity index (χ1n) is 6.76. The number of halogens is 9. The van der Waals surface area contributed by atoms with Crippen LogP contribution in [-0.2, 0) is 18.5 Å². The lowest BCUT2D eigenvalue weighted by Crippen LogP contribution is -2.12. The maximum atomic E-state index is 13.0. The average Bonchev–Trinajstić information content (AvgIpc) is 2.50. The van der Waals surface area contributed by atoms with Crippen molar-refractivity contribution in [3.8, 4) is 11.8 Å². The van der Waals surface area contributed by atoms with Crippen LogP contribution < -0.4 is 0 Å². The van der Waals surface area contributed by atoms with Crippen LogP contribution in [-0.4, -0.2) is 0 Å². The molecule has 0 amide bonds. The SMILES string of the molecule is FC(F)(F)c1ccc(C#Cc2ccc(C(F)(F)F)cc2C(F)(F)F)cc1. The van der Waals surface area contributed by atoms with E-state index in [9.17, 15) is 39.5 Å². The van der Waals surface area contributed by atoms with Crippen LogP contribution in [0.2, 0.25) is 0 Å². The molecule has 2 aromatic carbocycles. The highest BCUT2D eigenvalue weighted by molar-refractivity contribution is 5.49. The lowest BCUT2D eigenvalue weighted by molar-refractivity contribution is -0.143. The van der Waals surface area contributed by atoms with Gasteiger partial charge < -0.3 is 0 Å². The minimum atomic E-state index is -5.08. The van der Waals surface area contributed by atoms with Crippen LogP contribution in [0.15, 0.2) is 42.5 Å². The Hall–Kier alpha value is -2.63. The van der Waals surface area contributed by atoms with Crippen molar-refractivity contribution < 1.29 is 39.5 Å². The van der Waals surface area contributed by atoms with E-state index < -0.39 is 40.8 Å². The predicted molar refractivity (Wildman–Crippen MR) is 73.9 cm³/mol. The van der Waals surface area contributed by atoms with Gasteiger partial charge in [0.2, 0.25) is 0 Å². The maximum absolute atomic E-state index is 13.0. The number of alkyl halides is 9. The van der Waals surface area contributed by atoms with Gasteiger partial charge in [0.05, 0.1) is 16.7 Å². The van der Waals surface area contributed by atoms with Crippen molar-refractivity contribution in [3.63, 3.8) is 0 Å². The summed E-state index contributed by atoms with van der Waals surface area (Å²) in [5, 5.41) is 0. The molecule has 0 aliphatic rings.